The molecule has 2 aromatic rings. The topological polar surface area (TPSA) is 51.2 Å². The van der Waals surface area contributed by atoms with E-state index in [4.69, 9.17) is 16.3 Å². The maximum Gasteiger partial charge on any atom is 0.257 e. The van der Waals surface area contributed by atoms with Crippen molar-refractivity contribution in [3.63, 3.8) is 0 Å². The van der Waals surface area contributed by atoms with Gasteiger partial charge in [-0.05, 0) is 24.3 Å². The minimum absolute atomic E-state index is 0.223. The smallest absolute Gasteiger partial charge is 0.257 e. The highest BCUT2D eigenvalue weighted by molar-refractivity contribution is 7.17. The summed E-state index contributed by atoms with van der Waals surface area (Å²) in [6.45, 7) is 0. The highest BCUT2D eigenvalue weighted by Gasteiger charge is 2.08. The number of hydrogen-bond acceptors (Lipinski definition) is 4. The molecule has 1 heterocycles. The Bertz CT molecular complexity index is 525. The van der Waals surface area contributed by atoms with Crippen LogP contribution in [-0.4, -0.2) is 18.0 Å². The molecule has 1 aromatic heterocycles. The first kappa shape index (κ1) is 11.9. The number of benzene rings is 1. The van der Waals surface area contributed by atoms with E-state index in [-0.39, 0.29) is 5.91 Å². The van der Waals surface area contributed by atoms with Crippen LogP contribution in [0.4, 0.5) is 5.13 Å². The van der Waals surface area contributed by atoms with Gasteiger partial charge >= 0.3 is 0 Å². The number of nitrogens with one attached hydrogen (secondary N) is 1. The second-order valence-electron chi connectivity index (χ2n) is 3.15. The normalized spacial score (nSPS) is 10.0. The monoisotopic (exact) mass is 268 g/mol. The van der Waals surface area contributed by atoms with E-state index < -0.39 is 0 Å². The number of halogens is 1. The Morgan fingerprint density at radius 2 is 2.12 bits per heavy atom. The van der Waals surface area contributed by atoms with Crippen molar-refractivity contribution in [1.82, 2.24) is 4.98 Å². The van der Waals surface area contributed by atoms with Crippen molar-refractivity contribution in [1.29, 1.82) is 0 Å². The summed E-state index contributed by atoms with van der Waals surface area (Å²) in [6.07, 6.45) is 1.56. The fourth-order valence-electron chi connectivity index (χ4n) is 1.18. The predicted molar refractivity (Wildman–Crippen MR) is 68.1 cm³/mol. The van der Waals surface area contributed by atoms with Crippen molar-refractivity contribution in [2.45, 2.75) is 0 Å². The molecular weight excluding hydrogens is 260 g/mol. The summed E-state index contributed by atoms with van der Waals surface area (Å²) < 4.78 is 4.99. The molecule has 0 aliphatic heterocycles. The van der Waals surface area contributed by atoms with Crippen LogP contribution in [0.5, 0.6) is 5.06 Å². The molecule has 0 atom stereocenters. The fourth-order valence-corrected chi connectivity index (χ4v) is 1.94. The van der Waals surface area contributed by atoms with Gasteiger partial charge in [0, 0.05) is 10.6 Å². The quantitative estimate of drug-likeness (QED) is 0.931. The molecule has 0 fully saturated rings. The standard InChI is InChI=1S/C11H9ClN2O2S/c1-16-9-6-13-11(17-9)14-10(15)7-2-4-8(12)5-3-7/h2-6H,1H3,(H,13,14,15). The number of carbonyl (C=O) groups is 1. The lowest BCUT2D eigenvalue weighted by molar-refractivity contribution is 0.102. The molecule has 0 spiro atoms. The first-order chi connectivity index (χ1) is 8.19. The molecule has 0 saturated carbocycles. The van der Waals surface area contributed by atoms with Crippen molar-refractivity contribution in [3.8, 4) is 5.06 Å². The summed E-state index contributed by atoms with van der Waals surface area (Å²) >= 11 is 7.01. The van der Waals surface area contributed by atoms with Gasteiger partial charge in [0.05, 0.1) is 13.3 Å². The molecule has 1 N–H and O–H groups in total. The van der Waals surface area contributed by atoms with Crippen LogP contribution < -0.4 is 10.1 Å². The van der Waals surface area contributed by atoms with Gasteiger partial charge in [0.2, 0.25) is 0 Å². The van der Waals surface area contributed by atoms with Gasteiger partial charge in [0.25, 0.3) is 5.91 Å². The molecule has 0 aliphatic carbocycles. The summed E-state index contributed by atoms with van der Waals surface area (Å²) in [5.74, 6) is -0.223. The average Bonchev–Trinajstić information content (AvgIpc) is 2.77. The fraction of sp³-hybridized carbons (Fsp3) is 0.0909. The van der Waals surface area contributed by atoms with Crippen LogP contribution in [0.1, 0.15) is 10.4 Å². The van der Waals surface area contributed by atoms with Gasteiger partial charge in [-0.3, -0.25) is 10.1 Å². The lowest BCUT2D eigenvalue weighted by Crippen LogP contribution is -2.11. The van der Waals surface area contributed by atoms with Gasteiger partial charge in [0.1, 0.15) is 0 Å². The third-order valence-electron chi connectivity index (χ3n) is 2.01. The van der Waals surface area contributed by atoms with E-state index in [1.165, 1.54) is 11.3 Å². The minimum Gasteiger partial charge on any atom is -0.486 e. The highest BCUT2D eigenvalue weighted by atomic mass is 35.5. The number of ether oxygens (including phenoxy) is 1. The number of aromatic nitrogens is 1. The number of hydrogen-bond donors (Lipinski definition) is 1. The van der Waals surface area contributed by atoms with Crippen LogP contribution in [0, 0.1) is 0 Å². The Labute approximate surface area is 107 Å². The van der Waals surface area contributed by atoms with Crippen molar-refractivity contribution in [2.75, 3.05) is 12.4 Å². The highest BCUT2D eigenvalue weighted by Crippen LogP contribution is 2.25. The van der Waals surface area contributed by atoms with E-state index in [1.54, 1.807) is 37.6 Å². The molecule has 0 unspecified atom stereocenters. The zero-order valence-corrected chi connectivity index (χ0v) is 10.5. The molecule has 4 nitrogen and oxygen atoms in total. The Morgan fingerprint density at radius 1 is 1.41 bits per heavy atom. The summed E-state index contributed by atoms with van der Waals surface area (Å²) in [4.78, 5) is 15.8. The second kappa shape index (κ2) is 5.16. The number of nitrogens with zero attached hydrogens (tertiary/aromatic N) is 1. The van der Waals surface area contributed by atoms with Crippen molar-refractivity contribution in [3.05, 3.63) is 41.0 Å². The van der Waals surface area contributed by atoms with E-state index in [0.717, 1.165) is 0 Å². The van der Waals surface area contributed by atoms with E-state index in [1.807, 2.05) is 0 Å². The van der Waals surface area contributed by atoms with Crippen molar-refractivity contribution < 1.29 is 9.53 Å². The average molecular weight is 269 g/mol. The third-order valence-corrected chi connectivity index (χ3v) is 3.14. The predicted octanol–water partition coefficient (Wildman–Crippen LogP) is 3.06. The van der Waals surface area contributed by atoms with Crippen LogP contribution >= 0.6 is 22.9 Å². The summed E-state index contributed by atoms with van der Waals surface area (Å²) in [6, 6.07) is 6.64. The summed E-state index contributed by atoms with van der Waals surface area (Å²) in [5, 5.41) is 4.42. The molecule has 0 bridgehead atoms. The first-order valence-corrected chi connectivity index (χ1v) is 5.95. The zero-order valence-electron chi connectivity index (χ0n) is 8.94. The van der Waals surface area contributed by atoms with Crippen LogP contribution in [0.3, 0.4) is 0 Å². The van der Waals surface area contributed by atoms with E-state index in [2.05, 4.69) is 10.3 Å². The van der Waals surface area contributed by atoms with Gasteiger partial charge in [-0.25, -0.2) is 4.98 Å². The Kier molecular flexibility index (Phi) is 3.61. The van der Waals surface area contributed by atoms with Gasteiger partial charge in [-0.15, -0.1) is 0 Å². The van der Waals surface area contributed by atoms with Crippen LogP contribution in [0.2, 0.25) is 5.02 Å². The zero-order chi connectivity index (χ0) is 12.3. The summed E-state index contributed by atoms with van der Waals surface area (Å²) in [7, 11) is 1.55. The van der Waals surface area contributed by atoms with Gasteiger partial charge < -0.3 is 4.74 Å². The number of rotatable bonds is 3. The molecule has 1 amide bonds. The second-order valence-corrected chi connectivity index (χ2v) is 4.58. The van der Waals surface area contributed by atoms with Crippen LogP contribution in [0.15, 0.2) is 30.5 Å². The molecule has 1 aromatic carbocycles. The van der Waals surface area contributed by atoms with E-state index >= 15 is 0 Å². The maximum atomic E-state index is 11.8. The van der Waals surface area contributed by atoms with Crippen molar-refractivity contribution in [2.24, 2.45) is 0 Å². The number of anilines is 1. The lowest BCUT2D eigenvalue weighted by Gasteiger charge is -2.01. The number of carbonyl (C=O) groups excluding carboxylic acids is 1. The molecule has 0 radical (unpaired) electrons. The third kappa shape index (κ3) is 2.95. The first-order valence-electron chi connectivity index (χ1n) is 4.76. The Hall–Kier alpha value is -1.59. The van der Waals surface area contributed by atoms with Gasteiger partial charge in [-0.1, -0.05) is 22.9 Å². The minimum atomic E-state index is -0.223. The molecule has 17 heavy (non-hydrogen) atoms. The van der Waals surface area contributed by atoms with Gasteiger partial charge in [-0.2, -0.15) is 0 Å². The van der Waals surface area contributed by atoms with Crippen molar-refractivity contribution >= 4 is 34.0 Å². The number of thiazole rings is 1. The molecule has 0 aliphatic rings. The maximum absolute atomic E-state index is 11.8. The van der Waals surface area contributed by atoms with Crippen LogP contribution in [-0.2, 0) is 0 Å². The van der Waals surface area contributed by atoms with E-state index in [9.17, 15) is 4.79 Å². The summed E-state index contributed by atoms with van der Waals surface area (Å²) in [5.41, 5.74) is 0.531. The molecule has 2 rings (SSSR count). The Morgan fingerprint density at radius 3 is 2.71 bits per heavy atom. The lowest BCUT2D eigenvalue weighted by atomic mass is 10.2. The van der Waals surface area contributed by atoms with Crippen LogP contribution in [0.25, 0.3) is 0 Å². The molecule has 6 heteroatoms. The Balaban J connectivity index is 2.08. The molecular formula is C11H9ClN2O2S. The molecule has 0 saturated heterocycles. The van der Waals surface area contributed by atoms with Gasteiger partial charge in [0.15, 0.2) is 10.2 Å². The number of methoxy groups -OCH3 is 1. The largest absolute Gasteiger partial charge is 0.486 e. The SMILES string of the molecule is COc1cnc(NC(=O)c2ccc(Cl)cc2)s1. The molecule has 88 valence electrons. The number of amides is 1. The van der Waals surface area contributed by atoms with E-state index in [0.29, 0.717) is 20.8 Å².